The molecule has 21 heavy (non-hydrogen) atoms. The molecule has 0 heterocycles. The van der Waals surface area contributed by atoms with Gasteiger partial charge in [0.2, 0.25) is 0 Å². The first-order valence-corrected chi connectivity index (χ1v) is 7.00. The largest absolute Gasteiger partial charge is 0.393 e. The Morgan fingerprint density at radius 1 is 1.48 bits per heavy atom. The minimum atomic E-state index is -0.626. The monoisotopic (exact) mass is 293 g/mol. The number of benzene rings is 1. The van der Waals surface area contributed by atoms with Crippen LogP contribution < -0.4 is 11.1 Å². The third-order valence-corrected chi connectivity index (χ3v) is 3.94. The summed E-state index contributed by atoms with van der Waals surface area (Å²) in [5, 5.41) is 23.4. The Bertz CT molecular complexity index is 541. The van der Waals surface area contributed by atoms with Crippen molar-refractivity contribution in [1.82, 2.24) is 5.32 Å². The van der Waals surface area contributed by atoms with E-state index < -0.39 is 16.9 Å². The van der Waals surface area contributed by atoms with Crippen LogP contribution in [0, 0.1) is 16.0 Å². The molecule has 0 saturated heterocycles. The third-order valence-electron chi connectivity index (χ3n) is 3.94. The maximum atomic E-state index is 12.0. The molecule has 1 fully saturated rings. The van der Waals surface area contributed by atoms with Gasteiger partial charge >= 0.3 is 0 Å². The smallest absolute Gasteiger partial charge is 0.292 e. The molecule has 1 atom stereocenters. The number of hydrogen-bond acceptors (Lipinski definition) is 5. The molecule has 114 valence electrons. The second kappa shape index (κ2) is 6.53. The van der Waals surface area contributed by atoms with Crippen molar-refractivity contribution < 1.29 is 14.8 Å². The fourth-order valence-electron chi connectivity index (χ4n) is 2.71. The number of anilines is 1. The first-order valence-electron chi connectivity index (χ1n) is 7.00. The lowest BCUT2D eigenvalue weighted by molar-refractivity contribution is -0.383. The maximum absolute atomic E-state index is 12.0. The molecule has 1 aliphatic rings. The van der Waals surface area contributed by atoms with E-state index in [1.54, 1.807) is 0 Å². The van der Waals surface area contributed by atoms with Crippen molar-refractivity contribution in [3.8, 4) is 0 Å². The molecule has 1 amide bonds. The van der Waals surface area contributed by atoms with Gasteiger partial charge in [0.05, 0.1) is 16.6 Å². The van der Waals surface area contributed by atoms with Crippen molar-refractivity contribution in [2.45, 2.75) is 31.8 Å². The van der Waals surface area contributed by atoms with Gasteiger partial charge in [-0.1, -0.05) is 18.9 Å². The van der Waals surface area contributed by atoms with Gasteiger partial charge < -0.3 is 16.2 Å². The van der Waals surface area contributed by atoms with Crippen molar-refractivity contribution in [1.29, 1.82) is 0 Å². The van der Waals surface area contributed by atoms with E-state index in [1.165, 1.54) is 18.2 Å². The lowest BCUT2D eigenvalue weighted by Gasteiger charge is -2.18. The fraction of sp³-hybridized carbons (Fsp3) is 0.500. The number of carbonyl (C=O) groups excluding carboxylic acids is 1. The average molecular weight is 293 g/mol. The Hall–Kier alpha value is -2.15. The fourth-order valence-corrected chi connectivity index (χ4v) is 2.71. The van der Waals surface area contributed by atoms with E-state index in [2.05, 4.69) is 5.32 Å². The van der Waals surface area contributed by atoms with Crippen molar-refractivity contribution in [2.24, 2.45) is 5.92 Å². The van der Waals surface area contributed by atoms with Crippen LogP contribution >= 0.6 is 0 Å². The molecule has 0 aliphatic heterocycles. The topological polar surface area (TPSA) is 118 Å². The molecule has 0 radical (unpaired) electrons. The number of para-hydroxylation sites is 1. The zero-order chi connectivity index (χ0) is 15.4. The number of aliphatic hydroxyl groups excluding tert-OH is 1. The average Bonchev–Trinajstić information content (AvgIpc) is 2.98. The minimum absolute atomic E-state index is 0.0582. The highest BCUT2D eigenvalue weighted by Crippen LogP contribution is 2.28. The van der Waals surface area contributed by atoms with Gasteiger partial charge in [-0.15, -0.1) is 0 Å². The Morgan fingerprint density at radius 3 is 2.76 bits per heavy atom. The molecule has 1 aromatic rings. The van der Waals surface area contributed by atoms with Gasteiger partial charge in [0.1, 0.15) is 5.69 Å². The molecule has 4 N–H and O–H groups in total. The quantitative estimate of drug-likeness (QED) is 0.431. The first kappa shape index (κ1) is 15.2. The number of hydrogen-bond donors (Lipinski definition) is 3. The second-order valence-corrected chi connectivity index (χ2v) is 5.32. The van der Waals surface area contributed by atoms with E-state index >= 15 is 0 Å². The van der Waals surface area contributed by atoms with Gasteiger partial charge in [-0.25, -0.2) is 0 Å². The highest BCUT2D eigenvalue weighted by molar-refractivity contribution is 6.00. The van der Waals surface area contributed by atoms with Crippen molar-refractivity contribution in [3.63, 3.8) is 0 Å². The van der Waals surface area contributed by atoms with Gasteiger partial charge in [-0.2, -0.15) is 0 Å². The van der Waals surface area contributed by atoms with E-state index in [-0.39, 0.29) is 29.4 Å². The number of nitro groups is 1. The first-order chi connectivity index (χ1) is 10.0. The van der Waals surface area contributed by atoms with Gasteiger partial charge in [0, 0.05) is 12.6 Å². The molecule has 1 unspecified atom stereocenters. The predicted octanol–water partition coefficient (Wildman–Crippen LogP) is 1.46. The standard InChI is InChI=1S/C14H19N3O4/c15-13-10(6-3-7-11(13)17(20)21)14(19)16-8-12(18)9-4-1-2-5-9/h3,6-7,9,12,18H,1-2,4-5,8,15H2,(H,16,19). The minimum Gasteiger partial charge on any atom is -0.393 e. The van der Waals surface area contributed by atoms with Crippen molar-refractivity contribution >= 4 is 17.3 Å². The normalized spacial score (nSPS) is 16.6. The number of nitrogens with zero attached hydrogens (tertiary/aromatic N) is 1. The van der Waals surface area contributed by atoms with Crippen LogP contribution in [0.2, 0.25) is 0 Å². The van der Waals surface area contributed by atoms with Crippen molar-refractivity contribution in [3.05, 3.63) is 33.9 Å². The summed E-state index contributed by atoms with van der Waals surface area (Å²) in [4.78, 5) is 22.2. The molecular weight excluding hydrogens is 274 g/mol. The number of nitrogens with one attached hydrogen (secondary N) is 1. The van der Waals surface area contributed by atoms with E-state index in [4.69, 9.17) is 5.73 Å². The molecule has 0 bridgehead atoms. The zero-order valence-electron chi connectivity index (χ0n) is 11.6. The number of rotatable bonds is 5. The molecular formula is C14H19N3O4. The Morgan fingerprint density at radius 2 is 2.14 bits per heavy atom. The van der Waals surface area contributed by atoms with Gasteiger partial charge in [-0.3, -0.25) is 14.9 Å². The number of carbonyl (C=O) groups is 1. The summed E-state index contributed by atoms with van der Waals surface area (Å²) < 4.78 is 0. The summed E-state index contributed by atoms with van der Waals surface area (Å²) in [6, 6.07) is 4.09. The van der Waals surface area contributed by atoms with Crippen LogP contribution in [0.3, 0.4) is 0 Å². The van der Waals surface area contributed by atoms with Crippen LogP contribution in [0.4, 0.5) is 11.4 Å². The molecule has 7 heteroatoms. The van der Waals surface area contributed by atoms with Crippen LogP contribution in [-0.2, 0) is 0 Å². The SMILES string of the molecule is Nc1c(C(=O)NCC(O)C2CCCC2)cccc1[N+](=O)[O-]. The van der Waals surface area contributed by atoms with E-state index in [0.29, 0.717) is 0 Å². The lowest BCUT2D eigenvalue weighted by Crippen LogP contribution is -2.35. The highest BCUT2D eigenvalue weighted by atomic mass is 16.6. The molecule has 0 aromatic heterocycles. The molecule has 1 aromatic carbocycles. The summed E-state index contributed by atoms with van der Waals surface area (Å²) >= 11 is 0. The van der Waals surface area contributed by atoms with Crippen LogP contribution in [0.25, 0.3) is 0 Å². The third kappa shape index (κ3) is 3.49. The molecule has 2 rings (SSSR count). The van der Waals surface area contributed by atoms with Gasteiger partial charge in [0.15, 0.2) is 0 Å². The van der Waals surface area contributed by atoms with Crippen LogP contribution in [0.1, 0.15) is 36.0 Å². The molecule has 1 saturated carbocycles. The van der Waals surface area contributed by atoms with Crippen LogP contribution in [-0.4, -0.2) is 28.6 Å². The van der Waals surface area contributed by atoms with Crippen LogP contribution in [0.15, 0.2) is 18.2 Å². The molecule has 0 spiro atoms. The van der Waals surface area contributed by atoms with Crippen LogP contribution in [0.5, 0.6) is 0 Å². The molecule has 7 nitrogen and oxygen atoms in total. The number of amides is 1. The Balaban J connectivity index is 2.00. The number of nitro benzene ring substituents is 1. The number of nitrogen functional groups attached to an aromatic ring is 1. The maximum Gasteiger partial charge on any atom is 0.292 e. The Labute approximate surface area is 122 Å². The van der Waals surface area contributed by atoms with Gasteiger partial charge in [-0.05, 0) is 24.8 Å². The number of aliphatic hydroxyl groups is 1. The predicted molar refractivity (Wildman–Crippen MR) is 77.8 cm³/mol. The van der Waals surface area contributed by atoms with Crippen molar-refractivity contribution in [2.75, 3.05) is 12.3 Å². The second-order valence-electron chi connectivity index (χ2n) is 5.32. The zero-order valence-corrected chi connectivity index (χ0v) is 11.6. The summed E-state index contributed by atoms with van der Waals surface area (Å²) in [5.74, 6) is -0.291. The van der Waals surface area contributed by atoms with E-state index in [9.17, 15) is 20.0 Å². The lowest BCUT2D eigenvalue weighted by atomic mass is 10.0. The summed E-state index contributed by atoms with van der Waals surface area (Å²) in [6.07, 6.45) is 3.56. The van der Waals surface area contributed by atoms with E-state index in [1.807, 2.05) is 0 Å². The summed E-state index contributed by atoms with van der Waals surface area (Å²) in [7, 11) is 0. The highest BCUT2D eigenvalue weighted by Gasteiger charge is 2.24. The summed E-state index contributed by atoms with van der Waals surface area (Å²) in [6.45, 7) is 0.131. The van der Waals surface area contributed by atoms with E-state index in [0.717, 1.165) is 25.7 Å². The molecule has 1 aliphatic carbocycles. The summed E-state index contributed by atoms with van der Waals surface area (Å²) in [5.41, 5.74) is 5.26. The number of nitrogens with two attached hydrogens (primary N) is 1. The van der Waals surface area contributed by atoms with Gasteiger partial charge in [0.25, 0.3) is 11.6 Å². The Kier molecular flexibility index (Phi) is 4.74.